The van der Waals surface area contributed by atoms with Gasteiger partial charge in [-0.05, 0) is 12.3 Å². The normalized spacial score (nSPS) is 10.2. The number of carbonyl (C=O) groups excluding carboxylic acids is 1. The molecular formula is C8H15BrO2. The van der Waals surface area contributed by atoms with Crippen LogP contribution in [0.5, 0.6) is 0 Å². The molecule has 0 aromatic carbocycles. The smallest absolute Gasteiger partial charge is 0.305 e. The van der Waals surface area contributed by atoms with Gasteiger partial charge in [0.1, 0.15) is 6.61 Å². The van der Waals surface area contributed by atoms with Crippen LogP contribution in [-0.2, 0) is 9.53 Å². The molecule has 0 heterocycles. The molecule has 0 bridgehead atoms. The molecule has 2 nitrogen and oxygen atoms in total. The summed E-state index contributed by atoms with van der Waals surface area (Å²) in [5.74, 6) is 0.490. The summed E-state index contributed by atoms with van der Waals surface area (Å²) in [6, 6.07) is 0. The summed E-state index contributed by atoms with van der Waals surface area (Å²) in [7, 11) is 0. The van der Waals surface area contributed by atoms with Gasteiger partial charge in [-0.15, -0.1) is 0 Å². The summed E-state index contributed by atoms with van der Waals surface area (Å²) in [6.45, 7) is 4.67. The molecule has 0 saturated heterocycles. The van der Waals surface area contributed by atoms with Crippen LogP contribution in [0.3, 0.4) is 0 Å². The van der Waals surface area contributed by atoms with E-state index in [4.69, 9.17) is 4.74 Å². The van der Waals surface area contributed by atoms with Crippen LogP contribution in [0, 0.1) is 5.92 Å². The van der Waals surface area contributed by atoms with Gasteiger partial charge in [-0.3, -0.25) is 4.79 Å². The second-order valence-electron chi connectivity index (χ2n) is 2.84. The molecule has 11 heavy (non-hydrogen) atoms. The molecule has 0 radical (unpaired) electrons. The summed E-state index contributed by atoms with van der Waals surface area (Å²) in [6.07, 6.45) is 1.46. The largest absolute Gasteiger partial charge is 0.465 e. The first-order valence-electron chi connectivity index (χ1n) is 3.88. The second kappa shape index (κ2) is 6.65. The third-order valence-electron chi connectivity index (χ3n) is 1.27. The molecule has 0 rings (SSSR count). The Kier molecular flexibility index (Phi) is 6.62. The van der Waals surface area contributed by atoms with Gasteiger partial charge in [-0.2, -0.15) is 0 Å². The molecule has 0 atom stereocenters. The van der Waals surface area contributed by atoms with Crippen molar-refractivity contribution in [2.24, 2.45) is 5.92 Å². The van der Waals surface area contributed by atoms with Gasteiger partial charge >= 0.3 is 5.97 Å². The van der Waals surface area contributed by atoms with Crippen LogP contribution in [0.25, 0.3) is 0 Å². The quantitative estimate of drug-likeness (QED) is 0.528. The van der Waals surface area contributed by atoms with Crippen LogP contribution in [0.15, 0.2) is 0 Å². The molecule has 0 fully saturated rings. The van der Waals surface area contributed by atoms with Gasteiger partial charge in [0.05, 0.1) is 0 Å². The lowest BCUT2D eigenvalue weighted by Gasteiger charge is -2.03. The van der Waals surface area contributed by atoms with Crippen molar-refractivity contribution in [3.8, 4) is 0 Å². The molecule has 0 spiro atoms. The fraction of sp³-hybridized carbons (Fsp3) is 0.875. The predicted octanol–water partition coefficient (Wildman–Crippen LogP) is 2.36. The average Bonchev–Trinajstić information content (AvgIpc) is 1.97. The number of carbonyl (C=O) groups is 1. The fourth-order valence-corrected chi connectivity index (χ4v) is 0.793. The number of hydrogen-bond donors (Lipinski definition) is 0. The average molecular weight is 223 g/mol. The Morgan fingerprint density at radius 3 is 2.64 bits per heavy atom. The highest BCUT2D eigenvalue weighted by Crippen LogP contribution is 2.04. The number of rotatable bonds is 5. The van der Waals surface area contributed by atoms with E-state index < -0.39 is 0 Å². The minimum atomic E-state index is -0.0850. The Labute approximate surface area is 76.4 Å². The van der Waals surface area contributed by atoms with Gasteiger partial charge in [-0.25, -0.2) is 0 Å². The van der Waals surface area contributed by atoms with E-state index in [2.05, 4.69) is 29.8 Å². The Bertz CT molecular complexity index is 113. The molecule has 0 aliphatic heterocycles. The fourth-order valence-electron chi connectivity index (χ4n) is 0.631. The zero-order chi connectivity index (χ0) is 8.69. The van der Waals surface area contributed by atoms with Gasteiger partial charge in [0.25, 0.3) is 0 Å². The number of alkyl halides is 1. The number of halogens is 1. The predicted molar refractivity (Wildman–Crippen MR) is 48.8 cm³/mol. The summed E-state index contributed by atoms with van der Waals surface area (Å²) in [5.41, 5.74) is 0. The van der Waals surface area contributed by atoms with Crippen molar-refractivity contribution in [1.29, 1.82) is 0 Å². The van der Waals surface area contributed by atoms with E-state index in [1.54, 1.807) is 0 Å². The van der Waals surface area contributed by atoms with Crippen molar-refractivity contribution in [2.45, 2.75) is 26.7 Å². The molecule has 0 N–H and O–H groups in total. The first kappa shape index (κ1) is 11.0. The summed E-state index contributed by atoms with van der Waals surface area (Å²) >= 11 is 3.18. The van der Waals surface area contributed by atoms with Crippen LogP contribution >= 0.6 is 15.9 Å². The Hall–Kier alpha value is -0.0500. The lowest BCUT2D eigenvalue weighted by Crippen LogP contribution is -2.07. The summed E-state index contributed by atoms with van der Waals surface area (Å²) < 4.78 is 4.86. The van der Waals surface area contributed by atoms with E-state index >= 15 is 0 Å². The van der Waals surface area contributed by atoms with Crippen molar-refractivity contribution in [2.75, 3.05) is 11.9 Å². The van der Waals surface area contributed by atoms with Crippen LogP contribution in [0.2, 0.25) is 0 Å². The highest BCUT2D eigenvalue weighted by molar-refractivity contribution is 9.09. The number of hydrogen-bond acceptors (Lipinski definition) is 2. The Morgan fingerprint density at radius 1 is 1.55 bits per heavy atom. The maximum Gasteiger partial charge on any atom is 0.305 e. The lowest BCUT2D eigenvalue weighted by molar-refractivity contribution is -0.143. The third-order valence-corrected chi connectivity index (χ3v) is 1.59. The maximum absolute atomic E-state index is 10.9. The summed E-state index contributed by atoms with van der Waals surface area (Å²) in [5, 5.41) is 0.723. The van der Waals surface area contributed by atoms with Gasteiger partial charge in [0, 0.05) is 11.8 Å². The molecule has 0 aliphatic rings. The van der Waals surface area contributed by atoms with E-state index in [-0.39, 0.29) is 5.97 Å². The zero-order valence-corrected chi connectivity index (χ0v) is 8.69. The number of esters is 1. The van der Waals surface area contributed by atoms with Crippen molar-refractivity contribution >= 4 is 21.9 Å². The molecule has 66 valence electrons. The van der Waals surface area contributed by atoms with Crippen LogP contribution < -0.4 is 0 Å². The van der Waals surface area contributed by atoms with Gasteiger partial charge in [0.15, 0.2) is 0 Å². The minimum absolute atomic E-state index is 0.0850. The molecule has 0 aliphatic carbocycles. The zero-order valence-electron chi connectivity index (χ0n) is 7.10. The molecule has 3 heteroatoms. The van der Waals surface area contributed by atoms with E-state index in [0.29, 0.717) is 18.9 Å². The van der Waals surface area contributed by atoms with Gasteiger partial charge in [-0.1, -0.05) is 29.8 Å². The van der Waals surface area contributed by atoms with E-state index in [1.165, 1.54) is 0 Å². The Morgan fingerprint density at radius 2 is 2.18 bits per heavy atom. The summed E-state index contributed by atoms with van der Waals surface area (Å²) in [4.78, 5) is 10.9. The SMILES string of the molecule is CC(C)CCC(=O)OCCBr. The van der Waals surface area contributed by atoms with Crippen molar-refractivity contribution < 1.29 is 9.53 Å². The van der Waals surface area contributed by atoms with Crippen LogP contribution in [0.4, 0.5) is 0 Å². The molecule has 0 amide bonds. The molecule has 0 unspecified atom stereocenters. The standard InChI is InChI=1S/C8H15BrO2/c1-7(2)3-4-8(10)11-6-5-9/h7H,3-6H2,1-2H3. The molecule has 0 aromatic rings. The van der Waals surface area contributed by atoms with Crippen LogP contribution in [0.1, 0.15) is 26.7 Å². The molecular weight excluding hydrogens is 208 g/mol. The topological polar surface area (TPSA) is 26.3 Å². The monoisotopic (exact) mass is 222 g/mol. The first-order chi connectivity index (χ1) is 5.16. The maximum atomic E-state index is 10.9. The van der Waals surface area contributed by atoms with E-state index in [1.807, 2.05) is 0 Å². The second-order valence-corrected chi connectivity index (χ2v) is 3.63. The third kappa shape index (κ3) is 7.85. The molecule has 0 aromatic heterocycles. The number of ether oxygens (including phenoxy) is 1. The van der Waals surface area contributed by atoms with Crippen LogP contribution in [-0.4, -0.2) is 17.9 Å². The van der Waals surface area contributed by atoms with E-state index in [0.717, 1.165) is 11.8 Å². The van der Waals surface area contributed by atoms with Crippen molar-refractivity contribution in [1.82, 2.24) is 0 Å². The van der Waals surface area contributed by atoms with Crippen molar-refractivity contribution in [3.63, 3.8) is 0 Å². The highest BCUT2D eigenvalue weighted by Gasteiger charge is 2.03. The highest BCUT2D eigenvalue weighted by atomic mass is 79.9. The first-order valence-corrected chi connectivity index (χ1v) is 5.00. The van der Waals surface area contributed by atoms with Gasteiger partial charge < -0.3 is 4.74 Å². The molecule has 0 saturated carbocycles. The van der Waals surface area contributed by atoms with E-state index in [9.17, 15) is 4.79 Å². The minimum Gasteiger partial charge on any atom is -0.465 e. The Balaban J connectivity index is 3.23. The lowest BCUT2D eigenvalue weighted by atomic mass is 10.1. The van der Waals surface area contributed by atoms with Crippen molar-refractivity contribution in [3.05, 3.63) is 0 Å². The van der Waals surface area contributed by atoms with Gasteiger partial charge in [0.2, 0.25) is 0 Å².